The zero-order valence-electron chi connectivity index (χ0n) is 47.9. The van der Waals surface area contributed by atoms with Gasteiger partial charge in [-0.05, 0) is 153 Å². The maximum atomic E-state index is 12.6. The van der Waals surface area contributed by atoms with Crippen molar-refractivity contribution in [2.45, 2.75) is 82.3 Å². The molecule has 3 aromatic heterocycles. The predicted octanol–water partition coefficient (Wildman–Crippen LogP) is 19.8. The number of hydrogen-bond donors (Lipinski definition) is 0. The van der Waals surface area contributed by atoms with E-state index in [0.717, 1.165) is 40.8 Å². The number of aromatic nitrogens is 4. The van der Waals surface area contributed by atoms with Gasteiger partial charge in [0.05, 0.1) is 5.56 Å². The molecule has 10 aromatic rings. The number of nitrogens with zero attached hydrogens (tertiary/aromatic N) is 4. The second-order valence-corrected chi connectivity index (χ2v) is 17.9. The van der Waals surface area contributed by atoms with Gasteiger partial charge in [-0.3, -0.25) is 9.97 Å². The molecule has 0 aliphatic rings. The van der Waals surface area contributed by atoms with Gasteiger partial charge in [0.15, 0.2) is 0 Å². The van der Waals surface area contributed by atoms with Gasteiger partial charge in [0.25, 0.3) is 0 Å². The molecule has 0 aliphatic heterocycles. The van der Waals surface area contributed by atoms with Crippen molar-refractivity contribution < 1.29 is 43.9 Å². The summed E-state index contributed by atoms with van der Waals surface area (Å²) in [5, 5.41) is 0. The average Bonchev–Trinajstić information content (AvgIpc) is 3.47. The molecular weight excluding hydrogens is 1060 g/mol. The van der Waals surface area contributed by atoms with Gasteiger partial charge >= 0.3 is 6.18 Å². The van der Waals surface area contributed by atoms with Crippen molar-refractivity contribution in [3.8, 4) is 0 Å². The van der Waals surface area contributed by atoms with Gasteiger partial charge in [-0.1, -0.05) is 144 Å². The van der Waals surface area contributed by atoms with Crippen LogP contribution in [0.4, 0.5) is 43.9 Å². The first-order valence-electron chi connectivity index (χ1n) is 25.4. The van der Waals surface area contributed by atoms with Gasteiger partial charge in [0, 0.05) is 60.4 Å². The summed E-state index contributed by atoms with van der Waals surface area (Å²) in [5.74, 6) is -3.07. The number of benzene rings is 7. The smallest absolute Gasteiger partial charge is 0.264 e. The lowest BCUT2D eigenvalue weighted by atomic mass is 10.1. The van der Waals surface area contributed by atoms with Crippen molar-refractivity contribution in [1.82, 2.24) is 19.9 Å². The molecule has 82 heavy (non-hydrogen) atoms. The molecule has 0 bridgehead atoms. The van der Waals surface area contributed by atoms with Gasteiger partial charge in [-0.15, -0.1) is 0 Å². The molecule has 3 heterocycles. The molecule has 0 saturated heterocycles. The first kappa shape index (κ1) is 71.2. The Labute approximate surface area is 477 Å². The fraction of sp³-hybridized carbons (Fsp3) is 0.176. The van der Waals surface area contributed by atoms with E-state index in [1.807, 2.05) is 114 Å². The van der Waals surface area contributed by atoms with Crippen LogP contribution >= 0.6 is 0 Å². The molecule has 10 rings (SSSR count). The van der Waals surface area contributed by atoms with E-state index in [2.05, 4.69) is 58.0 Å². The van der Waals surface area contributed by atoms with E-state index in [9.17, 15) is 43.9 Å². The molecule has 0 radical (unpaired) electrons. The van der Waals surface area contributed by atoms with Crippen molar-refractivity contribution in [1.29, 1.82) is 0 Å². The van der Waals surface area contributed by atoms with E-state index in [1.54, 1.807) is 75.9 Å². The Morgan fingerprint density at radius 2 is 0.732 bits per heavy atom. The summed E-state index contributed by atoms with van der Waals surface area (Å²) in [4.78, 5) is 15.6. The maximum Gasteiger partial charge on any atom is 0.416 e. The Morgan fingerprint density at radius 1 is 0.305 bits per heavy atom. The zero-order valence-corrected chi connectivity index (χ0v) is 47.9. The minimum absolute atomic E-state index is 0.116. The normalized spacial score (nSPS) is 9.52. The van der Waals surface area contributed by atoms with Gasteiger partial charge in [0.1, 0.15) is 46.5 Å². The summed E-state index contributed by atoms with van der Waals surface area (Å²) in [6, 6.07) is 53.8. The third kappa shape index (κ3) is 35.7. The number of aryl methyl sites for hydroxylation is 10. The van der Waals surface area contributed by atoms with Gasteiger partial charge in [0.2, 0.25) is 0 Å². The molecule has 14 heteroatoms. The Kier molecular flexibility index (Phi) is 35.1. The van der Waals surface area contributed by atoms with E-state index >= 15 is 0 Å². The van der Waals surface area contributed by atoms with Crippen molar-refractivity contribution >= 4 is 0 Å². The van der Waals surface area contributed by atoms with Crippen LogP contribution in [0.2, 0.25) is 0 Å². The second kappa shape index (κ2) is 40.4. The van der Waals surface area contributed by atoms with E-state index < -0.39 is 40.8 Å². The monoisotopic (exact) mass is 1130 g/mol. The van der Waals surface area contributed by atoms with Gasteiger partial charge in [-0.25, -0.2) is 40.7 Å². The standard InChI is InChI=1S/C8H7F3.C8H9F.C7H5F3.C7H6F2.C7H7F.2C7H8.2C6H7N.C5H6N2/c1-6-3-2-4-7(5-6)8(9,10)11;1-6-3-4-7(2)8(9)5-6;1-4-6(9)2-5(8)3-7(4)10;1-5-2-3-6(8)4-7(5)9;1-6-2-4-7(8)5-3-6;2*1-7-5-3-2-4-6-7;1-6-3-2-4-7-5-6;1-6-4-2-3-5-7-6;1-5-6-3-2-4-7-5/h2-5H,1H3;3-5H,1-2H3;2-3H,1H3;2-4H,1H3;2-5H,1H3;2*2-6H,1H3;2*2-5H,1H3;2-4H,1H3. The highest BCUT2D eigenvalue weighted by Gasteiger charge is 2.29. The molecule has 0 fully saturated rings. The number of rotatable bonds is 0. The average molecular weight is 1130 g/mol. The maximum absolute atomic E-state index is 12.6. The summed E-state index contributed by atoms with van der Waals surface area (Å²) in [6.45, 7) is 20.1. The molecular formula is C68H70F10N4. The molecule has 0 amide bonds. The van der Waals surface area contributed by atoms with Crippen LogP contribution in [0.15, 0.2) is 225 Å². The minimum atomic E-state index is -4.22. The van der Waals surface area contributed by atoms with Crippen LogP contribution in [0.25, 0.3) is 0 Å². The largest absolute Gasteiger partial charge is 0.416 e. The quantitative estimate of drug-likeness (QED) is 0.142. The lowest BCUT2D eigenvalue weighted by Crippen LogP contribution is -2.04. The summed E-state index contributed by atoms with van der Waals surface area (Å²) < 4.78 is 122. The number of alkyl halides is 3. The fourth-order valence-electron chi connectivity index (χ4n) is 5.57. The highest BCUT2D eigenvalue weighted by molar-refractivity contribution is 5.25. The zero-order chi connectivity index (χ0) is 61.5. The molecule has 0 aliphatic carbocycles. The Morgan fingerprint density at radius 3 is 1.05 bits per heavy atom. The number of hydrogen-bond acceptors (Lipinski definition) is 4. The van der Waals surface area contributed by atoms with Crippen molar-refractivity contribution in [3.05, 3.63) is 333 Å². The molecule has 7 aromatic carbocycles. The molecule has 0 N–H and O–H groups in total. The van der Waals surface area contributed by atoms with Crippen molar-refractivity contribution in [3.63, 3.8) is 0 Å². The van der Waals surface area contributed by atoms with Crippen LogP contribution in [-0.2, 0) is 6.18 Å². The van der Waals surface area contributed by atoms with E-state index in [-0.39, 0.29) is 17.2 Å². The van der Waals surface area contributed by atoms with Crippen LogP contribution < -0.4 is 0 Å². The third-order valence-corrected chi connectivity index (χ3v) is 10.3. The SMILES string of the molecule is Cc1c(F)cc(F)cc1F.Cc1ccc(C)c(F)c1.Cc1ccc(F)cc1.Cc1ccc(F)cc1F.Cc1cccc(C(F)(F)F)c1.Cc1ccccc1.Cc1ccccc1.Cc1ccccn1.Cc1cccnc1.Cc1ncccn1. The predicted molar refractivity (Wildman–Crippen MR) is 312 cm³/mol. The first-order valence-corrected chi connectivity index (χ1v) is 25.4. The van der Waals surface area contributed by atoms with E-state index in [1.165, 1.54) is 60.0 Å². The van der Waals surface area contributed by atoms with Crippen molar-refractivity contribution in [2.75, 3.05) is 0 Å². The van der Waals surface area contributed by atoms with Crippen molar-refractivity contribution in [2.24, 2.45) is 0 Å². The second-order valence-electron chi connectivity index (χ2n) is 17.9. The molecule has 0 unspecified atom stereocenters. The highest BCUT2D eigenvalue weighted by Crippen LogP contribution is 2.29. The lowest BCUT2D eigenvalue weighted by Gasteiger charge is -2.05. The minimum Gasteiger partial charge on any atom is -0.264 e. The Balaban J connectivity index is 0.000000457. The van der Waals surface area contributed by atoms with Crippen LogP contribution in [-0.4, -0.2) is 19.9 Å². The van der Waals surface area contributed by atoms with Crippen LogP contribution in [0.3, 0.4) is 0 Å². The summed E-state index contributed by atoms with van der Waals surface area (Å²) in [5.41, 5.74) is 8.05. The molecule has 0 spiro atoms. The van der Waals surface area contributed by atoms with Crippen LogP contribution in [0.5, 0.6) is 0 Å². The summed E-state index contributed by atoms with van der Waals surface area (Å²) in [7, 11) is 0. The summed E-state index contributed by atoms with van der Waals surface area (Å²) >= 11 is 0. The number of halogens is 10. The third-order valence-electron chi connectivity index (χ3n) is 10.3. The lowest BCUT2D eigenvalue weighted by molar-refractivity contribution is -0.137. The topological polar surface area (TPSA) is 51.6 Å². The Bertz CT molecular complexity index is 2930. The van der Waals surface area contributed by atoms with Crippen LogP contribution in [0.1, 0.15) is 67.2 Å². The molecule has 4 nitrogen and oxygen atoms in total. The van der Waals surface area contributed by atoms with Gasteiger partial charge in [-0.2, -0.15) is 13.2 Å². The van der Waals surface area contributed by atoms with E-state index in [0.29, 0.717) is 28.8 Å². The highest BCUT2D eigenvalue weighted by atomic mass is 19.4. The fourth-order valence-corrected chi connectivity index (χ4v) is 5.57. The van der Waals surface area contributed by atoms with Crippen LogP contribution in [0, 0.1) is 117 Å². The Hall–Kier alpha value is -8.78. The first-order chi connectivity index (χ1) is 38.8. The summed E-state index contributed by atoms with van der Waals surface area (Å²) in [6.07, 6.45) is 4.62. The number of pyridine rings is 2. The molecule has 432 valence electrons. The van der Waals surface area contributed by atoms with Gasteiger partial charge < -0.3 is 0 Å². The van der Waals surface area contributed by atoms with E-state index in [4.69, 9.17) is 0 Å². The molecule has 0 atom stereocenters. The molecule has 0 saturated carbocycles.